The lowest BCUT2D eigenvalue weighted by Gasteiger charge is -2.32. The summed E-state index contributed by atoms with van der Waals surface area (Å²) in [6.07, 6.45) is 9.55. The molecule has 0 heterocycles. The van der Waals surface area contributed by atoms with Gasteiger partial charge in [-0.1, -0.05) is 36.8 Å². The Morgan fingerprint density at radius 3 is 2.31 bits per heavy atom. The van der Waals surface area contributed by atoms with Gasteiger partial charge >= 0.3 is 0 Å². The Morgan fingerprint density at radius 2 is 1.80 bits per heavy atom. The van der Waals surface area contributed by atoms with Crippen molar-refractivity contribution in [2.75, 3.05) is 0 Å². The zero-order valence-electron chi connectivity index (χ0n) is 22.4. The molecule has 2 amide bonds. The molecular formula is C29H42FN3O2. The van der Waals surface area contributed by atoms with Crippen molar-refractivity contribution in [1.82, 2.24) is 15.5 Å². The number of hydrogen-bond donors (Lipinski definition) is 2. The third kappa shape index (κ3) is 8.68. The van der Waals surface area contributed by atoms with E-state index in [0.717, 1.165) is 36.2 Å². The van der Waals surface area contributed by atoms with Crippen LogP contribution in [0.25, 0.3) is 0 Å². The molecule has 0 saturated heterocycles. The normalized spacial score (nSPS) is 16.1. The van der Waals surface area contributed by atoms with Crippen molar-refractivity contribution in [2.45, 2.75) is 92.2 Å². The molecule has 35 heavy (non-hydrogen) atoms. The zero-order valence-corrected chi connectivity index (χ0v) is 22.4. The molecule has 2 N–H and O–H groups in total. The molecule has 1 aliphatic rings. The average Bonchev–Trinajstić information content (AvgIpc) is 3.66. The first-order valence-electron chi connectivity index (χ1n) is 12.6. The third-order valence-electron chi connectivity index (χ3n) is 6.47. The highest BCUT2D eigenvalue weighted by Gasteiger charge is 2.34. The van der Waals surface area contributed by atoms with E-state index in [1.54, 1.807) is 12.1 Å². The fraction of sp³-hybridized carbons (Fsp3) is 0.517. The van der Waals surface area contributed by atoms with Crippen LogP contribution in [0, 0.1) is 11.7 Å². The predicted molar refractivity (Wildman–Crippen MR) is 141 cm³/mol. The predicted octanol–water partition coefficient (Wildman–Crippen LogP) is 5.99. The summed E-state index contributed by atoms with van der Waals surface area (Å²) in [5.41, 5.74) is 3.67. The van der Waals surface area contributed by atoms with E-state index < -0.39 is 11.6 Å². The van der Waals surface area contributed by atoms with Gasteiger partial charge in [-0.3, -0.25) is 9.59 Å². The molecule has 1 fully saturated rings. The summed E-state index contributed by atoms with van der Waals surface area (Å²) in [6.45, 7) is 14.1. The van der Waals surface area contributed by atoms with E-state index >= 15 is 0 Å². The minimum absolute atomic E-state index is 0.00203. The van der Waals surface area contributed by atoms with Gasteiger partial charge in [0.2, 0.25) is 11.8 Å². The Morgan fingerprint density at radius 1 is 1.17 bits per heavy atom. The van der Waals surface area contributed by atoms with Crippen LogP contribution in [0.4, 0.5) is 4.39 Å². The first-order chi connectivity index (χ1) is 16.5. The maximum atomic E-state index is 13.5. The standard InChI is InChI=1S/C29H42FN3O2/c1-8-17-33(21(5)20(4)9-2)25(10-3)18-26(31-27(34)23-13-14-23)28(35)32-29(6,7)19-22-11-15-24(30)16-12-22/h8,10-12,15-17,23,26H,9,13-14,18-19H2,1-7H3,(H,31,34)(H,32,35)/b17-8-,21-20-,25-10-. The highest BCUT2D eigenvalue weighted by atomic mass is 19.1. The molecular weight excluding hydrogens is 441 g/mol. The zero-order chi connectivity index (χ0) is 26.2. The van der Waals surface area contributed by atoms with Crippen molar-refractivity contribution in [2.24, 2.45) is 5.92 Å². The van der Waals surface area contributed by atoms with Crippen molar-refractivity contribution in [3.8, 4) is 0 Å². The number of hydrogen-bond acceptors (Lipinski definition) is 3. The lowest BCUT2D eigenvalue weighted by molar-refractivity contribution is -0.130. The molecule has 0 aromatic heterocycles. The molecule has 6 heteroatoms. The van der Waals surface area contributed by atoms with Gasteiger partial charge in [0.05, 0.1) is 0 Å². The molecule has 1 aromatic rings. The fourth-order valence-corrected chi connectivity index (χ4v) is 4.02. The Balaban J connectivity index is 2.26. The summed E-state index contributed by atoms with van der Waals surface area (Å²) in [7, 11) is 0. The number of allylic oxidation sites excluding steroid dienone is 4. The minimum Gasteiger partial charge on any atom is -0.349 e. The quantitative estimate of drug-likeness (QED) is 0.384. The van der Waals surface area contributed by atoms with E-state index in [1.165, 1.54) is 17.7 Å². The monoisotopic (exact) mass is 483 g/mol. The second-order valence-electron chi connectivity index (χ2n) is 10.1. The SMILES string of the molecule is C/C=C\N(/C(=C\C)CC(NC(=O)C1CC1)C(=O)NC(C)(C)Cc1ccc(F)cc1)/C(C)=C(/C)CC. The number of carbonyl (C=O) groups excluding carboxylic acids is 2. The highest BCUT2D eigenvalue weighted by molar-refractivity contribution is 5.89. The largest absolute Gasteiger partial charge is 0.349 e. The maximum absolute atomic E-state index is 13.5. The van der Waals surface area contributed by atoms with Crippen LogP contribution in [0.15, 0.2) is 59.6 Å². The molecule has 0 radical (unpaired) electrons. The number of rotatable bonds is 12. The highest BCUT2D eigenvalue weighted by Crippen LogP contribution is 2.29. The van der Waals surface area contributed by atoms with Crippen LogP contribution in [0.2, 0.25) is 0 Å². The molecule has 1 aliphatic carbocycles. The number of halogens is 1. The Hall–Kier alpha value is -2.89. The Bertz CT molecular complexity index is 972. The van der Waals surface area contributed by atoms with E-state index in [9.17, 15) is 14.0 Å². The third-order valence-corrected chi connectivity index (χ3v) is 6.47. The van der Waals surface area contributed by atoms with Crippen LogP contribution in [-0.2, 0) is 16.0 Å². The fourth-order valence-electron chi connectivity index (χ4n) is 4.02. The molecule has 1 atom stereocenters. The van der Waals surface area contributed by atoms with Gasteiger partial charge < -0.3 is 15.5 Å². The van der Waals surface area contributed by atoms with Gasteiger partial charge in [-0.05, 0) is 84.9 Å². The maximum Gasteiger partial charge on any atom is 0.243 e. The van der Waals surface area contributed by atoms with Crippen molar-refractivity contribution < 1.29 is 14.0 Å². The molecule has 0 spiro atoms. The lowest BCUT2D eigenvalue weighted by atomic mass is 9.94. The number of benzene rings is 1. The molecule has 192 valence electrons. The smallest absolute Gasteiger partial charge is 0.243 e. The lowest BCUT2D eigenvalue weighted by Crippen LogP contribution is -2.54. The second-order valence-corrected chi connectivity index (χ2v) is 10.1. The number of carbonyl (C=O) groups is 2. The topological polar surface area (TPSA) is 61.4 Å². The van der Waals surface area contributed by atoms with Crippen LogP contribution in [0.1, 0.15) is 79.7 Å². The van der Waals surface area contributed by atoms with E-state index in [0.29, 0.717) is 12.8 Å². The first kappa shape index (κ1) is 28.3. The second kappa shape index (κ2) is 12.7. The van der Waals surface area contributed by atoms with E-state index in [-0.39, 0.29) is 23.5 Å². The molecule has 0 bridgehead atoms. The van der Waals surface area contributed by atoms with Gasteiger partial charge in [-0.25, -0.2) is 4.39 Å². The number of nitrogens with zero attached hydrogens (tertiary/aromatic N) is 1. The van der Waals surface area contributed by atoms with Gasteiger partial charge in [0.25, 0.3) is 0 Å². The molecule has 5 nitrogen and oxygen atoms in total. The van der Waals surface area contributed by atoms with Crippen molar-refractivity contribution in [3.05, 3.63) is 71.0 Å². The molecule has 1 unspecified atom stereocenters. The summed E-state index contributed by atoms with van der Waals surface area (Å²) in [5, 5.41) is 6.13. The van der Waals surface area contributed by atoms with Gasteiger partial charge in [0.1, 0.15) is 11.9 Å². The van der Waals surface area contributed by atoms with E-state index in [2.05, 4.69) is 36.3 Å². The Labute approximate surface area is 210 Å². The number of nitrogens with one attached hydrogen (secondary N) is 2. The summed E-state index contributed by atoms with van der Waals surface area (Å²) >= 11 is 0. The molecule has 1 aromatic carbocycles. The summed E-state index contributed by atoms with van der Waals surface area (Å²) in [4.78, 5) is 28.3. The van der Waals surface area contributed by atoms with Gasteiger partial charge in [0.15, 0.2) is 0 Å². The van der Waals surface area contributed by atoms with E-state index in [1.807, 2.05) is 46.0 Å². The van der Waals surface area contributed by atoms with Gasteiger partial charge in [-0.2, -0.15) is 0 Å². The minimum atomic E-state index is -0.704. The molecule has 0 aliphatic heterocycles. The van der Waals surface area contributed by atoms with Crippen molar-refractivity contribution in [1.29, 1.82) is 0 Å². The van der Waals surface area contributed by atoms with Crippen LogP contribution in [0.5, 0.6) is 0 Å². The summed E-state index contributed by atoms with van der Waals surface area (Å²) in [5.74, 6) is -0.570. The van der Waals surface area contributed by atoms with Crippen LogP contribution >= 0.6 is 0 Å². The number of amides is 2. The first-order valence-corrected chi connectivity index (χ1v) is 12.6. The van der Waals surface area contributed by atoms with Crippen molar-refractivity contribution in [3.63, 3.8) is 0 Å². The van der Waals surface area contributed by atoms with Crippen molar-refractivity contribution >= 4 is 11.8 Å². The average molecular weight is 484 g/mol. The van der Waals surface area contributed by atoms with Crippen LogP contribution in [-0.4, -0.2) is 28.3 Å². The van der Waals surface area contributed by atoms with Gasteiger partial charge in [-0.15, -0.1) is 0 Å². The Kier molecular flexibility index (Phi) is 10.3. The van der Waals surface area contributed by atoms with Crippen LogP contribution in [0.3, 0.4) is 0 Å². The molecule has 2 rings (SSSR count). The van der Waals surface area contributed by atoms with Crippen LogP contribution < -0.4 is 10.6 Å². The summed E-state index contributed by atoms with van der Waals surface area (Å²) < 4.78 is 13.3. The summed E-state index contributed by atoms with van der Waals surface area (Å²) in [6, 6.07) is 5.60. The van der Waals surface area contributed by atoms with E-state index in [4.69, 9.17) is 0 Å². The van der Waals surface area contributed by atoms with Gasteiger partial charge in [0, 0.05) is 35.5 Å². The molecule has 1 saturated carbocycles.